The first kappa shape index (κ1) is 10.8. The molecule has 0 bridgehead atoms. The van der Waals surface area contributed by atoms with Gasteiger partial charge in [-0.2, -0.15) is 5.26 Å². The summed E-state index contributed by atoms with van der Waals surface area (Å²) in [7, 11) is 0. The molecule has 0 saturated carbocycles. The Bertz CT molecular complexity index is 382. The quantitative estimate of drug-likeness (QED) is 0.609. The number of hydrogen-bond acceptors (Lipinski definition) is 4. The van der Waals surface area contributed by atoms with E-state index in [4.69, 9.17) is 5.26 Å². The Balaban J connectivity index is 3.29. The van der Waals surface area contributed by atoms with E-state index in [-0.39, 0.29) is 0 Å². The van der Waals surface area contributed by atoms with Gasteiger partial charge in [-0.1, -0.05) is 12.7 Å². The second-order valence-corrected chi connectivity index (χ2v) is 3.47. The summed E-state index contributed by atoms with van der Waals surface area (Å²) in [5, 5.41) is 20.6. The number of thiocyanates is 1. The van der Waals surface area contributed by atoms with E-state index in [9.17, 15) is 5.11 Å². The Morgan fingerprint density at radius 1 is 1.79 bits per heavy atom. The van der Waals surface area contributed by atoms with Crippen LogP contribution in [0.5, 0.6) is 0 Å². The third-order valence-corrected chi connectivity index (χ3v) is 2.38. The molecule has 0 aliphatic rings. The summed E-state index contributed by atoms with van der Waals surface area (Å²) in [5.41, 5.74) is 1.47. The topological polar surface area (TPSA) is 56.9 Å². The van der Waals surface area contributed by atoms with E-state index in [2.05, 4.69) is 11.6 Å². The summed E-state index contributed by atoms with van der Waals surface area (Å²) >= 11 is 0.946. The molecule has 1 aromatic rings. The minimum atomic E-state index is -0.646. The normalized spacial score (nSPS) is 11.8. The molecule has 0 fully saturated rings. The van der Waals surface area contributed by atoms with Crippen molar-refractivity contribution in [1.29, 1.82) is 5.26 Å². The Kier molecular flexibility index (Phi) is 3.69. The van der Waals surface area contributed by atoms with E-state index in [1.807, 2.05) is 5.40 Å². The molecule has 1 atom stereocenters. The van der Waals surface area contributed by atoms with Crippen LogP contribution in [0.2, 0.25) is 0 Å². The van der Waals surface area contributed by atoms with Gasteiger partial charge in [0.1, 0.15) is 10.4 Å². The number of aliphatic hydroxyl groups is 1. The lowest BCUT2D eigenvalue weighted by molar-refractivity contribution is 0.195. The van der Waals surface area contributed by atoms with Gasteiger partial charge in [-0.05, 0) is 18.6 Å². The largest absolute Gasteiger partial charge is 0.389 e. The van der Waals surface area contributed by atoms with Crippen LogP contribution in [0.15, 0.2) is 23.9 Å². The zero-order valence-electron chi connectivity index (χ0n) is 7.77. The maximum Gasteiger partial charge on any atom is 0.140 e. The Labute approximate surface area is 87.1 Å². The Morgan fingerprint density at radius 2 is 2.50 bits per heavy atom. The van der Waals surface area contributed by atoms with Gasteiger partial charge in [0.05, 0.1) is 6.10 Å². The molecule has 0 amide bonds. The van der Waals surface area contributed by atoms with Gasteiger partial charge in [-0.3, -0.25) is 0 Å². The monoisotopic (exact) mass is 206 g/mol. The molecule has 0 saturated heterocycles. The first-order valence-corrected chi connectivity index (χ1v) is 4.87. The molecular formula is C10H10N2OS. The molecular weight excluding hydrogens is 196 g/mol. The molecule has 14 heavy (non-hydrogen) atoms. The van der Waals surface area contributed by atoms with Crippen molar-refractivity contribution in [3.63, 3.8) is 0 Å². The summed E-state index contributed by atoms with van der Waals surface area (Å²) in [4.78, 5) is 4.03. The number of nitrogens with zero attached hydrogens (tertiary/aromatic N) is 2. The number of pyridine rings is 1. The number of rotatable bonds is 3. The fourth-order valence-electron chi connectivity index (χ4n) is 1.19. The number of aromatic nitrogens is 1. The number of aliphatic hydroxyl groups excluding tert-OH is 1. The standard InChI is InChI=1S/C10H10N2OS/c1-3-8-4-5-12-10(14-6-11)9(8)7(2)13/h3-5,7,13H,1H2,2H3. The predicted molar refractivity (Wildman–Crippen MR) is 56.4 cm³/mol. The molecule has 72 valence electrons. The second kappa shape index (κ2) is 4.80. The highest BCUT2D eigenvalue weighted by Crippen LogP contribution is 2.28. The summed E-state index contributed by atoms with van der Waals surface area (Å²) in [6, 6.07) is 1.76. The van der Waals surface area contributed by atoms with Gasteiger partial charge in [0, 0.05) is 23.5 Å². The van der Waals surface area contributed by atoms with Crippen LogP contribution in [0.1, 0.15) is 24.2 Å². The first-order chi connectivity index (χ1) is 6.70. The van der Waals surface area contributed by atoms with Crippen LogP contribution in [-0.4, -0.2) is 10.1 Å². The van der Waals surface area contributed by atoms with Crippen LogP contribution >= 0.6 is 11.8 Å². The van der Waals surface area contributed by atoms with Crippen molar-refractivity contribution in [1.82, 2.24) is 4.98 Å². The van der Waals surface area contributed by atoms with Crippen molar-refractivity contribution in [3.8, 4) is 5.40 Å². The first-order valence-electron chi connectivity index (χ1n) is 4.06. The third-order valence-electron chi connectivity index (χ3n) is 1.77. The molecule has 3 nitrogen and oxygen atoms in total. The summed E-state index contributed by atoms with van der Waals surface area (Å²) < 4.78 is 0. The smallest absolute Gasteiger partial charge is 0.140 e. The molecule has 1 rings (SSSR count). The lowest BCUT2D eigenvalue weighted by Gasteiger charge is -2.11. The summed E-state index contributed by atoms with van der Waals surface area (Å²) in [6.45, 7) is 5.29. The van der Waals surface area contributed by atoms with Crippen molar-refractivity contribution in [3.05, 3.63) is 30.0 Å². The number of nitriles is 1. The zero-order chi connectivity index (χ0) is 10.6. The van der Waals surface area contributed by atoms with Crippen molar-refractivity contribution in [2.45, 2.75) is 18.1 Å². The predicted octanol–water partition coefficient (Wildman–Crippen LogP) is 2.35. The fraction of sp³-hybridized carbons (Fsp3) is 0.200. The summed E-state index contributed by atoms with van der Waals surface area (Å²) in [5.74, 6) is 0. The van der Waals surface area contributed by atoms with Gasteiger partial charge in [0.25, 0.3) is 0 Å². The molecule has 0 aromatic carbocycles. The van der Waals surface area contributed by atoms with E-state index >= 15 is 0 Å². The van der Waals surface area contributed by atoms with E-state index < -0.39 is 6.10 Å². The number of hydrogen-bond donors (Lipinski definition) is 1. The van der Waals surface area contributed by atoms with Crippen molar-refractivity contribution in [2.75, 3.05) is 0 Å². The van der Waals surface area contributed by atoms with Crippen LogP contribution in [0, 0.1) is 10.7 Å². The Morgan fingerprint density at radius 3 is 3.00 bits per heavy atom. The lowest BCUT2D eigenvalue weighted by Crippen LogP contribution is -1.99. The van der Waals surface area contributed by atoms with Crippen molar-refractivity contribution < 1.29 is 5.11 Å². The minimum absolute atomic E-state index is 0.542. The zero-order valence-corrected chi connectivity index (χ0v) is 8.58. The maximum absolute atomic E-state index is 9.53. The highest BCUT2D eigenvalue weighted by molar-refractivity contribution is 8.03. The van der Waals surface area contributed by atoms with Crippen molar-refractivity contribution in [2.24, 2.45) is 0 Å². The second-order valence-electron chi connectivity index (χ2n) is 2.69. The van der Waals surface area contributed by atoms with Gasteiger partial charge >= 0.3 is 0 Å². The van der Waals surface area contributed by atoms with E-state index in [1.165, 1.54) is 0 Å². The van der Waals surface area contributed by atoms with E-state index in [0.29, 0.717) is 10.6 Å². The van der Waals surface area contributed by atoms with Gasteiger partial charge in [-0.25, -0.2) is 4.98 Å². The molecule has 0 spiro atoms. The highest BCUT2D eigenvalue weighted by atomic mass is 32.2. The average Bonchev–Trinajstić information content (AvgIpc) is 2.17. The van der Waals surface area contributed by atoms with Crippen LogP contribution in [-0.2, 0) is 0 Å². The summed E-state index contributed by atoms with van der Waals surface area (Å²) in [6.07, 6.45) is 2.60. The fourth-order valence-corrected chi connectivity index (χ4v) is 1.79. The maximum atomic E-state index is 9.53. The third kappa shape index (κ3) is 2.13. The molecule has 1 heterocycles. The molecule has 0 aliphatic heterocycles. The van der Waals surface area contributed by atoms with Gasteiger partial charge in [0.2, 0.25) is 0 Å². The lowest BCUT2D eigenvalue weighted by atomic mass is 10.1. The highest BCUT2D eigenvalue weighted by Gasteiger charge is 2.13. The van der Waals surface area contributed by atoms with Gasteiger partial charge in [-0.15, -0.1) is 0 Å². The molecule has 0 radical (unpaired) electrons. The van der Waals surface area contributed by atoms with Crippen molar-refractivity contribution >= 4 is 17.8 Å². The average molecular weight is 206 g/mol. The van der Waals surface area contributed by atoms with Crippen LogP contribution in [0.25, 0.3) is 6.08 Å². The van der Waals surface area contributed by atoms with E-state index in [1.54, 1.807) is 25.3 Å². The minimum Gasteiger partial charge on any atom is -0.389 e. The molecule has 1 aromatic heterocycles. The SMILES string of the molecule is C=Cc1ccnc(SC#N)c1C(C)O. The molecule has 1 N–H and O–H groups in total. The van der Waals surface area contributed by atoms with Crippen LogP contribution < -0.4 is 0 Å². The Hall–Kier alpha value is -1.31. The number of thioether (sulfide) groups is 1. The van der Waals surface area contributed by atoms with E-state index in [0.717, 1.165) is 17.3 Å². The molecule has 4 heteroatoms. The van der Waals surface area contributed by atoms with Crippen LogP contribution in [0.4, 0.5) is 0 Å². The molecule has 0 aliphatic carbocycles. The van der Waals surface area contributed by atoms with Gasteiger partial charge in [0.15, 0.2) is 0 Å². The van der Waals surface area contributed by atoms with Crippen LogP contribution in [0.3, 0.4) is 0 Å². The molecule has 1 unspecified atom stereocenters. The van der Waals surface area contributed by atoms with Gasteiger partial charge < -0.3 is 5.11 Å².